The predicted octanol–water partition coefficient (Wildman–Crippen LogP) is 4.46. The van der Waals surface area contributed by atoms with Gasteiger partial charge in [-0.05, 0) is 31.2 Å². The molecule has 8 heteroatoms. The second-order valence-corrected chi connectivity index (χ2v) is 5.55. The van der Waals surface area contributed by atoms with Gasteiger partial charge in [-0.25, -0.2) is 13.6 Å². The summed E-state index contributed by atoms with van der Waals surface area (Å²) < 4.78 is 31.3. The number of amides is 1. The van der Waals surface area contributed by atoms with Crippen LogP contribution in [-0.4, -0.2) is 18.0 Å². The number of benzene rings is 2. The van der Waals surface area contributed by atoms with Crippen LogP contribution >= 0.6 is 23.2 Å². The molecule has 1 unspecified atom stereocenters. The van der Waals surface area contributed by atoms with Crippen molar-refractivity contribution in [3.05, 3.63) is 63.6 Å². The van der Waals surface area contributed by atoms with Crippen molar-refractivity contribution in [2.24, 2.45) is 0 Å². The Morgan fingerprint density at radius 2 is 1.88 bits per heavy atom. The highest BCUT2D eigenvalue weighted by molar-refractivity contribution is 6.43. The van der Waals surface area contributed by atoms with Gasteiger partial charge in [0.2, 0.25) is 0 Å². The van der Waals surface area contributed by atoms with Gasteiger partial charge >= 0.3 is 5.97 Å². The molecule has 0 spiro atoms. The average Bonchev–Trinajstić information content (AvgIpc) is 2.52. The molecule has 126 valence electrons. The first-order valence-corrected chi connectivity index (χ1v) is 7.46. The molecule has 1 amide bonds. The van der Waals surface area contributed by atoms with Gasteiger partial charge in [0.15, 0.2) is 6.10 Å². The van der Waals surface area contributed by atoms with Gasteiger partial charge in [-0.3, -0.25) is 4.79 Å². The second kappa shape index (κ2) is 7.59. The fourth-order valence-corrected chi connectivity index (χ4v) is 2.14. The lowest BCUT2D eigenvalue weighted by Gasteiger charge is -2.14. The Bertz CT molecular complexity index is 799. The van der Waals surface area contributed by atoms with Gasteiger partial charge in [-0.15, -0.1) is 0 Å². The van der Waals surface area contributed by atoms with Gasteiger partial charge < -0.3 is 10.1 Å². The maximum absolute atomic E-state index is 13.5. The largest absolute Gasteiger partial charge is 0.449 e. The maximum Gasteiger partial charge on any atom is 0.340 e. The molecular weight excluding hydrogens is 363 g/mol. The Kier molecular flexibility index (Phi) is 5.75. The topological polar surface area (TPSA) is 55.4 Å². The van der Waals surface area contributed by atoms with Crippen molar-refractivity contribution in [3.8, 4) is 0 Å². The van der Waals surface area contributed by atoms with E-state index in [1.807, 2.05) is 0 Å². The van der Waals surface area contributed by atoms with Crippen molar-refractivity contribution in [1.29, 1.82) is 0 Å². The minimum Gasteiger partial charge on any atom is -0.449 e. The van der Waals surface area contributed by atoms with Crippen molar-refractivity contribution >= 4 is 40.8 Å². The molecule has 0 heterocycles. The average molecular weight is 374 g/mol. The van der Waals surface area contributed by atoms with Gasteiger partial charge in [0.25, 0.3) is 5.91 Å². The van der Waals surface area contributed by atoms with E-state index in [4.69, 9.17) is 27.9 Å². The summed E-state index contributed by atoms with van der Waals surface area (Å²) in [6.07, 6.45) is -1.24. The molecule has 0 radical (unpaired) electrons. The summed E-state index contributed by atoms with van der Waals surface area (Å²) in [5.74, 6) is -3.36. The molecule has 0 bridgehead atoms. The van der Waals surface area contributed by atoms with E-state index in [1.165, 1.54) is 25.1 Å². The first-order valence-electron chi connectivity index (χ1n) is 6.70. The third-order valence-electron chi connectivity index (χ3n) is 3.01. The van der Waals surface area contributed by atoms with Gasteiger partial charge in [-0.2, -0.15) is 0 Å². The number of anilines is 1. The molecule has 0 saturated heterocycles. The molecule has 0 aliphatic rings. The number of hydrogen-bond donors (Lipinski definition) is 1. The van der Waals surface area contributed by atoms with Crippen LogP contribution in [0.4, 0.5) is 14.5 Å². The number of hydrogen-bond acceptors (Lipinski definition) is 3. The van der Waals surface area contributed by atoms with Crippen LogP contribution in [0, 0.1) is 11.6 Å². The minimum atomic E-state index is -1.24. The molecule has 1 atom stereocenters. The number of nitrogens with one attached hydrogen (secondary N) is 1. The highest BCUT2D eigenvalue weighted by Crippen LogP contribution is 2.26. The van der Waals surface area contributed by atoms with Crippen LogP contribution < -0.4 is 5.32 Å². The van der Waals surface area contributed by atoms with Crippen molar-refractivity contribution in [3.63, 3.8) is 0 Å². The first-order chi connectivity index (χ1) is 11.3. The standard InChI is InChI=1S/C16H11Cl2F2NO3/c1-8(15(22)21-13-6-5-9(19)7-12(13)20)24-16(23)10-3-2-4-11(17)14(10)18/h2-8H,1H3,(H,21,22). The smallest absolute Gasteiger partial charge is 0.340 e. The summed E-state index contributed by atoms with van der Waals surface area (Å²) in [7, 11) is 0. The number of esters is 1. The Labute approximate surface area is 146 Å². The third-order valence-corrected chi connectivity index (χ3v) is 3.83. The number of ether oxygens (including phenoxy) is 1. The van der Waals surface area contributed by atoms with Gasteiger partial charge in [0, 0.05) is 6.07 Å². The molecule has 2 rings (SSSR count). The van der Waals surface area contributed by atoms with Crippen molar-refractivity contribution in [2.75, 3.05) is 5.32 Å². The van der Waals surface area contributed by atoms with Crippen LogP contribution in [0.15, 0.2) is 36.4 Å². The highest BCUT2D eigenvalue weighted by atomic mass is 35.5. The van der Waals surface area contributed by atoms with Crippen LogP contribution in [-0.2, 0) is 9.53 Å². The summed E-state index contributed by atoms with van der Waals surface area (Å²) in [5, 5.41) is 2.37. The van der Waals surface area contributed by atoms with E-state index >= 15 is 0 Å². The minimum absolute atomic E-state index is 0.00125. The monoisotopic (exact) mass is 373 g/mol. The number of halogens is 4. The molecule has 1 N–H and O–H groups in total. The molecule has 2 aromatic rings. The number of rotatable bonds is 4. The van der Waals surface area contributed by atoms with Crippen LogP contribution in [0.1, 0.15) is 17.3 Å². The fourth-order valence-electron chi connectivity index (χ4n) is 1.76. The van der Waals surface area contributed by atoms with Gasteiger partial charge in [-0.1, -0.05) is 29.3 Å². The van der Waals surface area contributed by atoms with E-state index in [2.05, 4.69) is 5.32 Å². The number of carbonyl (C=O) groups excluding carboxylic acids is 2. The maximum atomic E-state index is 13.5. The Balaban J connectivity index is 2.06. The highest BCUT2D eigenvalue weighted by Gasteiger charge is 2.22. The molecule has 0 fully saturated rings. The summed E-state index contributed by atoms with van der Waals surface area (Å²) in [5.41, 5.74) is -0.234. The Hall–Kier alpha value is -2.18. The SMILES string of the molecule is CC(OC(=O)c1cccc(Cl)c1Cl)C(=O)Nc1ccc(F)cc1F. The van der Waals surface area contributed by atoms with Crippen molar-refractivity contribution < 1.29 is 23.1 Å². The summed E-state index contributed by atoms with van der Waals surface area (Å²) in [6, 6.07) is 7.06. The van der Waals surface area contributed by atoms with Gasteiger partial charge in [0.1, 0.15) is 11.6 Å². The van der Waals surface area contributed by atoms with Crippen LogP contribution in [0.3, 0.4) is 0 Å². The molecule has 0 aliphatic carbocycles. The van der Waals surface area contributed by atoms with Crippen molar-refractivity contribution in [2.45, 2.75) is 13.0 Å². The first kappa shape index (κ1) is 18.2. The summed E-state index contributed by atoms with van der Waals surface area (Å²) in [6.45, 7) is 1.30. The zero-order chi connectivity index (χ0) is 17.9. The lowest BCUT2D eigenvalue weighted by molar-refractivity contribution is -0.123. The molecule has 0 aromatic heterocycles. The second-order valence-electron chi connectivity index (χ2n) is 4.76. The summed E-state index contributed by atoms with van der Waals surface area (Å²) >= 11 is 11.7. The number of carbonyl (C=O) groups is 2. The quantitative estimate of drug-likeness (QED) is 0.805. The Morgan fingerprint density at radius 3 is 2.54 bits per heavy atom. The normalized spacial score (nSPS) is 11.7. The molecule has 4 nitrogen and oxygen atoms in total. The van der Waals surface area contributed by atoms with Crippen LogP contribution in [0.2, 0.25) is 10.0 Å². The summed E-state index contributed by atoms with van der Waals surface area (Å²) in [4.78, 5) is 24.0. The molecule has 24 heavy (non-hydrogen) atoms. The fraction of sp³-hybridized carbons (Fsp3) is 0.125. The third kappa shape index (κ3) is 4.21. The van der Waals surface area contributed by atoms with E-state index < -0.39 is 29.6 Å². The zero-order valence-corrected chi connectivity index (χ0v) is 13.8. The lowest BCUT2D eigenvalue weighted by Crippen LogP contribution is -2.30. The van der Waals surface area contributed by atoms with E-state index in [1.54, 1.807) is 0 Å². The molecular formula is C16H11Cl2F2NO3. The molecule has 2 aromatic carbocycles. The predicted molar refractivity (Wildman–Crippen MR) is 86.3 cm³/mol. The zero-order valence-electron chi connectivity index (χ0n) is 12.3. The van der Waals surface area contributed by atoms with Crippen molar-refractivity contribution in [1.82, 2.24) is 0 Å². The van der Waals surface area contributed by atoms with Crippen LogP contribution in [0.25, 0.3) is 0 Å². The van der Waals surface area contributed by atoms with E-state index in [9.17, 15) is 18.4 Å². The lowest BCUT2D eigenvalue weighted by atomic mass is 10.2. The van der Waals surface area contributed by atoms with E-state index in [0.717, 1.165) is 12.1 Å². The Morgan fingerprint density at radius 1 is 1.17 bits per heavy atom. The van der Waals surface area contributed by atoms with E-state index in [-0.39, 0.29) is 21.3 Å². The van der Waals surface area contributed by atoms with Crippen LogP contribution in [0.5, 0.6) is 0 Å². The molecule has 0 aliphatic heterocycles. The van der Waals surface area contributed by atoms with Gasteiger partial charge in [0.05, 0.1) is 21.3 Å². The molecule has 0 saturated carbocycles. The van der Waals surface area contributed by atoms with E-state index in [0.29, 0.717) is 6.07 Å².